The van der Waals surface area contributed by atoms with Crippen molar-refractivity contribution in [3.8, 4) is 0 Å². The summed E-state index contributed by atoms with van der Waals surface area (Å²) < 4.78 is 23.5. The van der Waals surface area contributed by atoms with E-state index in [4.69, 9.17) is 5.14 Å². The van der Waals surface area contributed by atoms with E-state index in [1.807, 2.05) is 6.92 Å². The van der Waals surface area contributed by atoms with E-state index in [-0.39, 0.29) is 16.8 Å². The van der Waals surface area contributed by atoms with Crippen LogP contribution in [0.25, 0.3) is 0 Å². The summed E-state index contributed by atoms with van der Waals surface area (Å²) in [7, 11) is -3.85. The van der Waals surface area contributed by atoms with Crippen molar-refractivity contribution in [3.05, 3.63) is 28.3 Å². The normalized spacial score (nSPS) is 21.8. The molecule has 0 radical (unpaired) electrons. The number of nitrogens with two attached hydrogens (primary N) is 1. The second-order valence-electron chi connectivity index (χ2n) is 6.13. The van der Waals surface area contributed by atoms with Crippen LogP contribution in [0.15, 0.2) is 11.0 Å². The van der Waals surface area contributed by atoms with Crippen molar-refractivity contribution in [2.75, 3.05) is 0 Å². The highest BCUT2D eigenvalue weighted by atomic mass is 32.2. The lowest BCUT2D eigenvalue weighted by Crippen LogP contribution is -2.43. The van der Waals surface area contributed by atoms with Crippen LogP contribution in [0.1, 0.15) is 46.8 Å². The van der Waals surface area contributed by atoms with Crippen LogP contribution in [-0.2, 0) is 10.0 Å². The third-order valence-corrected chi connectivity index (χ3v) is 5.32. The van der Waals surface area contributed by atoms with Crippen molar-refractivity contribution in [1.82, 2.24) is 5.32 Å². The summed E-state index contributed by atoms with van der Waals surface area (Å²) in [6.07, 6.45) is 1.94. The summed E-state index contributed by atoms with van der Waals surface area (Å²) in [4.78, 5) is 12.5. The number of carbonyl (C=O) groups is 1. The third kappa shape index (κ3) is 3.11. The minimum Gasteiger partial charge on any atom is -0.349 e. The first-order chi connectivity index (χ1) is 9.61. The van der Waals surface area contributed by atoms with Crippen LogP contribution >= 0.6 is 0 Å². The molecule has 5 nitrogen and oxygen atoms in total. The molecule has 1 amide bonds. The molecule has 1 aliphatic carbocycles. The van der Waals surface area contributed by atoms with E-state index in [0.29, 0.717) is 22.6 Å². The molecule has 116 valence electrons. The highest BCUT2D eigenvalue weighted by Crippen LogP contribution is 2.29. The summed E-state index contributed by atoms with van der Waals surface area (Å²) in [5.41, 5.74) is 2.19. The van der Waals surface area contributed by atoms with Crippen molar-refractivity contribution in [2.24, 2.45) is 11.1 Å². The number of hydrogen-bond acceptors (Lipinski definition) is 3. The third-order valence-electron chi connectivity index (χ3n) is 4.12. The Kier molecular flexibility index (Phi) is 4.13. The lowest BCUT2D eigenvalue weighted by Gasteiger charge is -2.33. The van der Waals surface area contributed by atoms with Crippen molar-refractivity contribution in [2.45, 2.75) is 51.5 Å². The fourth-order valence-electron chi connectivity index (χ4n) is 3.23. The van der Waals surface area contributed by atoms with Crippen molar-refractivity contribution >= 4 is 15.9 Å². The van der Waals surface area contributed by atoms with Gasteiger partial charge in [0.2, 0.25) is 10.0 Å². The zero-order chi connectivity index (χ0) is 15.9. The van der Waals surface area contributed by atoms with Gasteiger partial charge in [-0.1, -0.05) is 13.0 Å². The molecule has 3 N–H and O–H groups in total. The highest BCUT2D eigenvalue weighted by Gasteiger charge is 2.29. The van der Waals surface area contributed by atoms with Gasteiger partial charge >= 0.3 is 0 Å². The Morgan fingerprint density at radius 3 is 2.29 bits per heavy atom. The number of nitrogens with one attached hydrogen (secondary N) is 1. The van der Waals surface area contributed by atoms with E-state index >= 15 is 0 Å². The van der Waals surface area contributed by atoms with Crippen LogP contribution in [0, 0.1) is 26.7 Å². The number of rotatable bonds is 3. The van der Waals surface area contributed by atoms with Crippen molar-refractivity contribution in [1.29, 1.82) is 0 Å². The zero-order valence-corrected chi connectivity index (χ0v) is 13.7. The molecular formula is C15H22N2O3S. The van der Waals surface area contributed by atoms with Gasteiger partial charge in [-0.3, -0.25) is 4.79 Å². The fraction of sp³-hybridized carbons (Fsp3) is 0.533. The lowest BCUT2D eigenvalue weighted by molar-refractivity contribution is 0.0894. The van der Waals surface area contributed by atoms with E-state index in [9.17, 15) is 13.2 Å². The Morgan fingerprint density at radius 1 is 1.24 bits per heavy atom. The van der Waals surface area contributed by atoms with E-state index in [1.54, 1.807) is 19.9 Å². The lowest BCUT2D eigenvalue weighted by atomic mass is 9.81. The molecule has 1 aromatic rings. The van der Waals surface area contributed by atoms with Gasteiger partial charge in [0.15, 0.2) is 0 Å². The summed E-state index contributed by atoms with van der Waals surface area (Å²) >= 11 is 0. The molecule has 0 aliphatic heterocycles. The fourth-order valence-corrected chi connectivity index (χ4v) is 4.27. The molecule has 0 spiro atoms. The summed E-state index contributed by atoms with van der Waals surface area (Å²) in [5.74, 6) is 0.419. The average Bonchev–Trinajstić information content (AvgIpc) is 2.23. The van der Waals surface area contributed by atoms with Crippen LogP contribution in [-0.4, -0.2) is 20.4 Å². The van der Waals surface area contributed by atoms with E-state index in [0.717, 1.165) is 18.4 Å². The molecule has 1 aromatic carbocycles. The number of carbonyl (C=O) groups excluding carboxylic acids is 1. The predicted octanol–water partition coefficient (Wildman–Crippen LogP) is 1.79. The Bertz CT molecular complexity index is 689. The van der Waals surface area contributed by atoms with Gasteiger partial charge in [0.25, 0.3) is 5.91 Å². The maximum absolute atomic E-state index is 12.4. The SMILES string of the molecule is Cc1cc(C)c(S(N)(=O)=O)c(C)c1C(=O)NC1CC(C)C1. The van der Waals surface area contributed by atoms with E-state index < -0.39 is 10.0 Å². The maximum atomic E-state index is 12.4. The standard InChI is InChI=1S/C15H22N2O3S/c1-8-5-12(6-8)17-15(18)13-9(2)7-10(3)14(11(13)4)21(16,19)20/h7-8,12H,5-6H2,1-4H3,(H,17,18)(H2,16,19,20). The quantitative estimate of drug-likeness (QED) is 0.892. The molecule has 1 saturated carbocycles. The first-order valence-corrected chi connectivity index (χ1v) is 8.60. The molecule has 0 bridgehead atoms. The number of hydrogen-bond donors (Lipinski definition) is 2. The van der Waals surface area contributed by atoms with E-state index in [1.165, 1.54) is 0 Å². The van der Waals surface area contributed by atoms with E-state index in [2.05, 4.69) is 12.2 Å². The molecule has 6 heteroatoms. The second kappa shape index (κ2) is 5.42. The minimum atomic E-state index is -3.85. The van der Waals surface area contributed by atoms with Gasteiger partial charge in [-0.05, 0) is 56.2 Å². The molecule has 0 unspecified atom stereocenters. The van der Waals surface area contributed by atoms with Crippen LogP contribution in [0.3, 0.4) is 0 Å². The number of aryl methyl sites for hydroxylation is 2. The Morgan fingerprint density at radius 2 is 1.81 bits per heavy atom. The molecule has 1 aliphatic rings. The van der Waals surface area contributed by atoms with Gasteiger partial charge in [0, 0.05) is 11.6 Å². The minimum absolute atomic E-state index is 0.0558. The average molecular weight is 310 g/mol. The number of amides is 1. The number of primary sulfonamides is 1. The largest absolute Gasteiger partial charge is 0.349 e. The first kappa shape index (κ1) is 16.0. The first-order valence-electron chi connectivity index (χ1n) is 7.05. The molecule has 21 heavy (non-hydrogen) atoms. The smallest absolute Gasteiger partial charge is 0.252 e. The highest BCUT2D eigenvalue weighted by molar-refractivity contribution is 7.89. The Hall–Kier alpha value is -1.40. The second-order valence-corrected chi connectivity index (χ2v) is 7.63. The summed E-state index contributed by atoms with van der Waals surface area (Å²) in [6, 6.07) is 1.89. The Balaban J connectivity index is 2.41. The summed E-state index contributed by atoms with van der Waals surface area (Å²) in [5, 5.41) is 8.24. The van der Waals surface area contributed by atoms with Crippen LogP contribution in [0.2, 0.25) is 0 Å². The maximum Gasteiger partial charge on any atom is 0.252 e. The van der Waals surface area contributed by atoms with Gasteiger partial charge in [0.05, 0.1) is 4.90 Å². The van der Waals surface area contributed by atoms with Gasteiger partial charge in [0.1, 0.15) is 0 Å². The molecule has 0 atom stereocenters. The molecule has 0 aromatic heterocycles. The van der Waals surface area contributed by atoms with Crippen LogP contribution < -0.4 is 10.5 Å². The molecule has 0 saturated heterocycles. The van der Waals surface area contributed by atoms with Crippen molar-refractivity contribution in [3.63, 3.8) is 0 Å². The molecule has 1 fully saturated rings. The summed E-state index contributed by atoms with van der Waals surface area (Å²) in [6.45, 7) is 7.28. The number of benzene rings is 1. The number of sulfonamides is 1. The molecule has 0 heterocycles. The van der Waals surface area contributed by atoms with Crippen LogP contribution in [0.4, 0.5) is 0 Å². The predicted molar refractivity (Wildman–Crippen MR) is 81.7 cm³/mol. The van der Waals surface area contributed by atoms with Crippen LogP contribution in [0.5, 0.6) is 0 Å². The topological polar surface area (TPSA) is 89.3 Å². The monoisotopic (exact) mass is 310 g/mol. The zero-order valence-electron chi connectivity index (χ0n) is 12.9. The van der Waals surface area contributed by atoms with Gasteiger partial charge < -0.3 is 5.32 Å². The molecule has 2 rings (SSSR count). The van der Waals surface area contributed by atoms with Gasteiger partial charge in [-0.25, -0.2) is 13.6 Å². The van der Waals surface area contributed by atoms with Crippen molar-refractivity contribution < 1.29 is 13.2 Å². The molecular weight excluding hydrogens is 288 g/mol. The van der Waals surface area contributed by atoms with Gasteiger partial charge in [-0.2, -0.15) is 0 Å². The van der Waals surface area contributed by atoms with Gasteiger partial charge in [-0.15, -0.1) is 0 Å². The Labute approximate surface area is 126 Å².